The van der Waals surface area contributed by atoms with Crippen molar-refractivity contribution in [2.75, 3.05) is 0 Å². The Balaban J connectivity index is 2.68. The minimum atomic E-state index is 1.09. The zero-order valence-corrected chi connectivity index (χ0v) is 8.04. The van der Waals surface area contributed by atoms with Crippen LogP contribution in [0, 0.1) is 6.92 Å². The molecule has 13 heavy (non-hydrogen) atoms. The summed E-state index contributed by atoms with van der Waals surface area (Å²) in [5.74, 6) is 0. The van der Waals surface area contributed by atoms with E-state index in [0.29, 0.717) is 0 Å². The molecule has 66 valence electrons. The van der Waals surface area contributed by atoms with Gasteiger partial charge in [0, 0.05) is 11.6 Å². The van der Waals surface area contributed by atoms with Crippen LogP contribution in [0.3, 0.4) is 0 Å². The van der Waals surface area contributed by atoms with Crippen molar-refractivity contribution in [1.29, 1.82) is 0 Å². The van der Waals surface area contributed by atoms with E-state index in [2.05, 4.69) is 43.1 Å². The molecule has 0 aliphatic heterocycles. The number of hydrogen-bond donors (Lipinski definition) is 0. The van der Waals surface area contributed by atoms with Gasteiger partial charge in [-0.05, 0) is 42.7 Å². The van der Waals surface area contributed by atoms with Crippen molar-refractivity contribution >= 4 is 10.9 Å². The summed E-state index contributed by atoms with van der Waals surface area (Å²) >= 11 is 0. The van der Waals surface area contributed by atoms with E-state index in [-0.39, 0.29) is 0 Å². The van der Waals surface area contributed by atoms with Gasteiger partial charge in [-0.15, -0.1) is 0 Å². The maximum atomic E-state index is 4.36. The van der Waals surface area contributed by atoms with E-state index in [1.165, 1.54) is 16.5 Å². The third-order valence-corrected chi connectivity index (χ3v) is 2.29. The molecular weight excluding hydrogens is 158 g/mol. The normalized spacial score (nSPS) is 10.6. The van der Waals surface area contributed by atoms with E-state index in [4.69, 9.17) is 0 Å². The molecule has 0 fully saturated rings. The Labute approximate surface area is 78.4 Å². The zero-order valence-electron chi connectivity index (χ0n) is 8.04. The van der Waals surface area contributed by atoms with Crippen molar-refractivity contribution in [2.24, 2.45) is 0 Å². The third-order valence-electron chi connectivity index (χ3n) is 2.29. The topological polar surface area (TPSA) is 12.9 Å². The van der Waals surface area contributed by atoms with Crippen LogP contribution >= 0.6 is 0 Å². The summed E-state index contributed by atoms with van der Waals surface area (Å²) in [6, 6.07) is 8.63. The van der Waals surface area contributed by atoms with Gasteiger partial charge in [0.05, 0.1) is 5.52 Å². The average Bonchev–Trinajstić information content (AvgIpc) is 2.16. The second-order valence-electron chi connectivity index (χ2n) is 3.39. The third kappa shape index (κ3) is 1.55. The predicted octanol–water partition coefficient (Wildman–Crippen LogP) is 3.11. The molecule has 0 unspecified atom stereocenters. The first-order valence-electron chi connectivity index (χ1n) is 4.65. The van der Waals surface area contributed by atoms with E-state index in [0.717, 1.165) is 11.9 Å². The first kappa shape index (κ1) is 8.24. The highest BCUT2D eigenvalue weighted by molar-refractivity contribution is 5.79. The lowest BCUT2D eigenvalue weighted by atomic mass is 10.1. The highest BCUT2D eigenvalue weighted by Gasteiger charge is 1.95. The molecule has 0 bridgehead atoms. The lowest BCUT2D eigenvalue weighted by molar-refractivity contribution is 1.14. The molecule has 2 aromatic rings. The fourth-order valence-electron chi connectivity index (χ4n) is 1.51. The average molecular weight is 171 g/mol. The highest BCUT2D eigenvalue weighted by atomic mass is 14.6. The lowest BCUT2D eigenvalue weighted by Crippen LogP contribution is -1.84. The van der Waals surface area contributed by atoms with Gasteiger partial charge < -0.3 is 0 Å². The van der Waals surface area contributed by atoms with Gasteiger partial charge in [-0.2, -0.15) is 0 Å². The van der Waals surface area contributed by atoms with E-state index in [1.54, 1.807) is 0 Å². The first-order chi connectivity index (χ1) is 6.29. The Bertz CT molecular complexity index is 432. The molecule has 1 heteroatoms. The van der Waals surface area contributed by atoms with Crippen molar-refractivity contribution in [2.45, 2.75) is 20.3 Å². The number of nitrogens with zero attached hydrogens (tertiary/aromatic N) is 1. The molecule has 0 aliphatic carbocycles. The quantitative estimate of drug-likeness (QED) is 0.642. The summed E-state index contributed by atoms with van der Waals surface area (Å²) in [4.78, 5) is 4.36. The van der Waals surface area contributed by atoms with Crippen LogP contribution in [-0.4, -0.2) is 4.98 Å². The number of pyridine rings is 1. The molecule has 0 atom stereocenters. The molecule has 0 spiro atoms. The maximum Gasteiger partial charge on any atom is 0.0702 e. The van der Waals surface area contributed by atoms with E-state index in [1.807, 2.05) is 6.20 Å². The van der Waals surface area contributed by atoms with Crippen LogP contribution in [0.25, 0.3) is 10.9 Å². The highest BCUT2D eigenvalue weighted by Crippen LogP contribution is 2.15. The molecule has 0 aliphatic rings. The predicted molar refractivity (Wildman–Crippen MR) is 55.9 cm³/mol. The first-order valence-corrected chi connectivity index (χ1v) is 4.65. The Hall–Kier alpha value is -1.37. The van der Waals surface area contributed by atoms with Crippen LogP contribution < -0.4 is 0 Å². The van der Waals surface area contributed by atoms with Gasteiger partial charge in [0.2, 0.25) is 0 Å². The number of aryl methyl sites for hydroxylation is 2. The van der Waals surface area contributed by atoms with E-state index >= 15 is 0 Å². The van der Waals surface area contributed by atoms with Gasteiger partial charge in [0.15, 0.2) is 0 Å². The standard InChI is InChI=1S/C12H13N/c1-3-10-4-5-12-11(7-10)6-9(2)8-13-12/h4-8H,3H2,1-2H3. The van der Waals surface area contributed by atoms with Gasteiger partial charge in [0.1, 0.15) is 0 Å². The molecule has 1 aromatic carbocycles. The Morgan fingerprint density at radius 2 is 2.08 bits per heavy atom. The fourth-order valence-corrected chi connectivity index (χ4v) is 1.51. The maximum absolute atomic E-state index is 4.36. The van der Waals surface area contributed by atoms with E-state index in [9.17, 15) is 0 Å². The largest absolute Gasteiger partial charge is 0.256 e. The van der Waals surface area contributed by atoms with Crippen molar-refractivity contribution < 1.29 is 0 Å². The molecule has 1 heterocycles. The molecule has 0 amide bonds. The summed E-state index contributed by atoms with van der Waals surface area (Å²) in [6.07, 6.45) is 3.00. The number of hydrogen-bond acceptors (Lipinski definition) is 1. The summed E-state index contributed by atoms with van der Waals surface area (Å²) in [7, 11) is 0. The van der Waals surface area contributed by atoms with Crippen LogP contribution in [0.4, 0.5) is 0 Å². The number of rotatable bonds is 1. The van der Waals surface area contributed by atoms with Crippen LogP contribution in [0.5, 0.6) is 0 Å². The molecule has 0 saturated carbocycles. The van der Waals surface area contributed by atoms with Crippen molar-refractivity contribution in [3.63, 3.8) is 0 Å². The Kier molecular flexibility index (Phi) is 2.01. The Morgan fingerprint density at radius 1 is 1.23 bits per heavy atom. The minimum Gasteiger partial charge on any atom is -0.256 e. The molecule has 0 saturated heterocycles. The van der Waals surface area contributed by atoms with Gasteiger partial charge in [-0.25, -0.2) is 0 Å². The van der Waals surface area contributed by atoms with Crippen molar-refractivity contribution in [1.82, 2.24) is 4.98 Å². The van der Waals surface area contributed by atoms with Crippen LogP contribution in [0.1, 0.15) is 18.1 Å². The second kappa shape index (κ2) is 3.17. The minimum absolute atomic E-state index is 1.09. The number of benzene rings is 1. The smallest absolute Gasteiger partial charge is 0.0702 e. The fraction of sp³-hybridized carbons (Fsp3) is 0.250. The number of fused-ring (bicyclic) bond motifs is 1. The molecule has 2 rings (SSSR count). The second-order valence-corrected chi connectivity index (χ2v) is 3.39. The molecular formula is C12H13N. The van der Waals surface area contributed by atoms with E-state index < -0.39 is 0 Å². The molecule has 1 nitrogen and oxygen atoms in total. The molecule has 0 N–H and O–H groups in total. The molecule has 0 radical (unpaired) electrons. The SMILES string of the molecule is CCc1ccc2ncc(C)cc2c1. The van der Waals surface area contributed by atoms with Crippen LogP contribution in [0.15, 0.2) is 30.5 Å². The summed E-state index contributed by atoms with van der Waals surface area (Å²) < 4.78 is 0. The summed E-state index contributed by atoms with van der Waals surface area (Å²) in [6.45, 7) is 4.25. The lowest BCUT2D eigenvalue weighted by Gasteiger charge is -2.01. The van der Waals surface area contributed by atoms with Gasteiger partial charge in [-0.3, -0.25) is 4.98 Å². The van der Waals surface area contributed by atoms with Gasteiger partial charge >= 0.3 is 0 Å². The monoisotopic (exact) mass is 171 g/mol. The molecule has 1 aromatic heterocycles. The van der Waals surface area contributed by atoms with Crippen molar-refractivity contribution in [3.05, 3.63) is 41.6 Å². The zero-order chi connectivity index (χ0) is 9.26. The summed E-state index contributed by atoms with van der Waals surface area (Å²) in [5.41, 5.74) is 3.68. The van der Waals surface area contributed by atoms with Gasteiger partial charge in [0.25, 0.3) is 0 Å². The van der Waals surface area contributed by atoms with Crippen LogP contribution in [0.2, 0.25) is 0 Å². The van der Waals surface area contributed by atoms with Crippen LogP contribution in [-0.2, 0) is 6.42 Å². The Morgan fingerprint density at radius 3 is 2.85 bits per heavy atom. The number of aromatic nitrogens is 1. The summed E-state index contributed by atoms with van der Waals surface area (Å²) in [5, 5.41) is 1.25. The van der Waals surface area contributed by atoms with Gasteiger partial charge in [-0.1, -0.05) is 13.0 Å². The van der Waals surface area contributed by atoms with Crippen molar-refractivity contribution in [3.8, 4) is 0 Å².